The van der Waals surface area contributed by atoms with Crippen LogP contribution in [0.4, 0.5) is 0 Å². The average Bonchev–Trinajstić information content (AvgIpc) is 3.11. The summed E-state index contributed by atoms with van der Waals surface area (Å²) >= 11 is 3.20. The number of carbonyl (C=O) groups excluding carboxylic acids is 1. The first-order valence-electron chi connectivity index (χ1n) is 5.23. The van der Waals surface area contributed by atoms with Gasteiger partial charge in [0.1, 0.15) is 0 Å². The molecule has 0 unspecified atom stereocenters. The van der Waals surface area contributed by atoms with Crippen LogP contribution in [0.3, 0.4) is 0 Å². The molecule has 0 bridgehead atoms. The Hall–Kier alpha value is -0.720. The summed E-state index contributed by atoms with van der Waals surface area (Å²) in [5.41, 5.74) is 5.68. The molecule has 1 aromatic rings. The van der Waals surface area contributed by atoms with Gasteiger partial charge in [-0.1, -0.05) is 0 Å². The van der Waals surface area contributed by atoms with Crippen molar-refractivity contribution in [2.45, 2.75) is 23.0 Å². The minimum Gasteiger partial charge on any atom is -0.324 e. The van der Waals surface area contributed by atoms with E-state index in [2.05, 4.69) is 15.9 Å². The van der Waals surface area contributed by atoms with Crippen molar-refractivity contribution in [1.29, 1.82) is 0 Å². The number of nitrogens with two attached hydrogens (primary N) is 1. The Kier molecular flexibility index (Phi) is 3.38. The topological polar surface area (TPSA) is 77.2 Å². The minimum atomic E-state index is -3.24. The molecule has 0 amide bonds. The summed E-state index contributed by atoms with van der Waals surface area (Å²) in [5, 5.41) is -0.255. The van der Waals surface area contributed by atoms with Crippen molar-refractivity contribution in [3.05, 3.63) is 28.2 Å². The maximum Gasteiger partial charge on any atom is 0.182 e. The molecule has 0 spiro atoms. The normalized spacial score (nSPS) is 15.9. The predicted octanol–water partition coefficient (Wildman–Crippen LogP) is 1.53. The van der Waals surface area contributed by atoms with E-state index in [-0.39, 0.29) is 22.5 Å². The molecule has 4 nitrogen and oxygen atoms in total. The molecule has 0 radical (unpaired) electrons. The van der Waals surface area contributed by atoms with Crippen LogP contribution in [-0.2, 0) is 9.84 Å². The Bertz CT molecular complexity index is 564. The highest BCUT2D eigenvalue weighted by molar-refractivity contribution is 9.10. The summed E-state index contributed by atoms with van der Waals surface area (Å²) in [7, 11) is -3.24. The minimum absolute atomic E-state index is 0.0822. The zero-order valence-electron chi connectivity index (χ0n) is 9.02. The van der Waals surface area contributed by atoms with Crippen LogP contribution in [0.5, 0.6) is 0 Å². The highest BCUT2D eigenvalue weighted by Crippen LogP contribution is 2.36. The lowest BCUT2D eigenvalue weighted by molar-refractivity contribution is 0.100. The van der Waals surface area contributed by atoms with Gasteiger partial charge in [0.15, 0.2) is 15.6 Å². The molecular weight excluding hydrogens is 306 g/mol. The number of halogens is 1. The monoisotopic (exact) mass is 317 g/mol. The first-order chi connectivity index (χ1) is 7.96. The van der Waals surface area contributed by atoms with E-state index in [0.29, 0.717) is 10.0 Å². The van der Waals surface area contributed by atoms with Crippen molar-refractivity contribution in [2.75, 3.05) is 6.54 Å². The number of benzene rings is 1. The molecule has 17 heavy (non-hydrogen) atoms. The predicted molar refractivity (Wildman–Crippen MR) is 67.7 cm³/mol. The molecule has 0 saturated heterocycles. The summed E-state index contributed by atoms with van der Waals surface area (Å²) < 4.78 is 24.5. The molecule has 2 N–H and O–H groups in total. The lowest BCUT2D eigenvalue weighted by Gasteiger charge is -2.07. The van der Waals surface area contributed by atoms with E-state index in [1.807, 2.05) is 0 Å². The second-order valence-corrected chi connectivity index (χ2v) is 7.07. The quantitative estimate of drug-likeness (QED) is 0.854. The van der Waals surface area contributed by atoms with Gasteiger partial charge in [-0.2, -0.15) is 0 Å². The van der Waals surface area contributed by atoms with Gasteiger partial charge in [-0.3, -0.25) is 4.79 Å². The first-order valence-corrected chi connectivity index (χ1v) is 7.57. The fourth-order valence-corrected chi connectivity index (χ4v) is 4.34. The molecule has 0 aromatic heterocycles. The van der Waals surface area contributed by atoms with Crippen LogP contribution < -0.4 is 5.73 Å². The summed E-state index contributed by atoms with van der Waals surface area (Å²) in [6.45, 7) is -0.0822. The summed E-state index contributed by atoms with van der Waals surface area (Å²) in [6.07, 6.45) is 1.44. The van der Waals surface area contributed by atoms with Gasteiger partial charge >= 0.3 is 0 Å². The van der Waals surface area contributed by atoms with Gasteiger partial charge in [0.05, 0.1) is 16.7 Å². The van der Waals surface area contributed by atoms with E-state index >= 15 is 0 Å². The maximum absolute atomic E-state index is 12.0. The number of sulfone groups is 1. The summed E-state index contributed by atoms with van der Waals surface area (Å²) in [6, 6.07) is 4.50. The Morgan fingerprint density at radius 3 is 2.53 bits per heavy atom. The third-order valence-corrected chi connectivity index (χ3v) is 5.95. The van der Waals surface area contributed by atoms with E-state index in [4.69, 9.17) is 5.73 Å². The average molecular weight is 318 g/mol. The zero-order chi connectivity index (χ0) is 12.6. The lowest BCUT2D eigenvalue weighted by atomic mass is 10.1. The Balaban J connectivity index is 2.42. The molecule has 0 atom stereocenters. The largest absolute Gasteiger partial charge is 0.324 e. The van der Waals surface area contributed by atoms with Gasteiger partial charge in [0.25, 0.3) is 0 Å². The number of rotatable bonds is 4. The maximum atomic E-state index is 12.0. The highest BCUT2D eigenvalue weighted by Gasteiger charge is 2.37. The van der Waals surface area contributed by atoms with Crippen molar-refractivity contribution in [3.63, 3.8) is 0 Å². The third-order valence-electron chi connectivity index (χ3n) is 2.71. The second kappa shape index (κ2) is 4.51. The Morgan fingerprint density at radius 2 is 2.06 bits per heavy atom. The molecule has 6 heteroatoms. The van der Waals surface area contributed by atoms with E-state index in [1.54, 1.807) is 0 Å². The SMILES string of the molecule is NCC(=O)c1ccc(S(=O)(=O)C2CC2)c(Br)c1. The molecule has 1 aliphatic carbocycles. The smallest absolute Gasteiger partial charge is 0.182 e. The lowest BCUT2D eigenvalue weighted by Crippen LogP contribution is -2.14. The van der Waals surface area contributed by atoms with Gasteiger partial charge in [-0.15, -0.1) is 0 Å². The molecule has 92 valence electrons. The number of hydrogen-bond donors (Lipinski definition) is 1. The molecule has 2 rings (SSSR count). The third kappa shape index (κ3) is 2.43. The molecular formula is C11H12BrNO3S. The number of ketones is 1. The van der Waals surface area contributed by atoms with Crippen molar-refractivity contribution in [2.24, 2.45) is 5.73 Å². The summed E-state index contributed by atoms with van der Waals surface area (Å²) in [4.78, 5) is 11.6. The van der Waals surface area contributed by atoms with Gasteiger partial charge in [0, 0.05) is 10.0 Å². The molecule has 1 saturated carbocycles. The molecule has 1 aromatic carbocycles. The van der Waals surface area contributed by atoms with Crippen LogP contribution in [0, 0.1) is 0 Å². The van der Waals surface area contributed by atoms with Gasteiger partial charge < -0.3 is 5.73 Å². The number of Topliss-reactive ketones (excluding diaryl/α,β-unsaturated/α-hetero) is 1. The van der Waals surface area contributed by atoms with Gasteiger partial charge in [-0.25, -0.2) is 8.42 Å². The molecule has 1 aliphatic rings. The van der Waals surface area contributed by atoms with Crippen LogP contribution in [-0.4, -0.2) is 26.0 Å². The molecule has 0 heterocycles. The first kappa shape index (κ1) is 12.7. The van der Waals surface area contributed by atoms with E-state index in [1.165, 1.54) is 18.2 Å². The standard InChI is InChI=1S/C11H12BrNO3S/c12-9-5-7(10(14)6-13)1-4-11(9)17(15,16)8-2-3-8/h1,4-5,8H,2-3,6,13H2. The van der Waals surface area contributed by atoms with Crippen molar-refractivity contribution < 1.29 is 13.2 Å². The fraction of sp³-hybridized carbons (Fsp3) is 0.364. The number of hydrogen-bond acceptors (Lipinski definition) is 4. The number of carbonyl (C=O) groups is 1. The van der Waals surface area contributed by atoms with Crippen LogP contribution >= 0.6 is 15.9 Å². The highest BCUT2D eigenvalue weighted by atomic mass is 79.9. The van der Waals surface area contributed by atoms with E-state index in [9.17, 15) is 13.2 Å². The van der Waals surface area contributed by atoms with Crippen LogP contribution in [0.1, 0.15) is 23.2 Å². The fourth-order valence-electron chi connectivity index (χ4n) is 1.58. The summed E-state index contributed by atoms with van der Waals surface area (Å²) in [5.74, 6) is -0.207. The zero-order valence-corrected chi connectivity index (χ0v) is 11.4. The van der Waals surface area contributed by atoms with E-state index < -0.39 is 9.84 Å². The van der Waals surface area contributed by atoms with Gasteiger partial charge in [0.2, 0.25) is 0 Å². The second-order valence-electron chi connectivity index (χ2n) is 4.02. The van der Waals surface area contributed by atoms with Gasteiger partial charge in [-0.05, 0) is 47.0 Å². The van der Waals surface area contributed by atoms with Crippen LogP contribution in [0.25, 0.3) is 0 Å². The molecule has 0 aliphatic heterocycles. The van der Waals surface area contributed by atoms with Crippen molar-refractivity contribution in [3.8, 4) is 0 Å². The van der Waals surface area contributed by atoms with E-state index in [0.717, 1.165) is 12.8 Å². The van der Waals surface area contributed by atoms with Crippen LogP contribution in [0.2, 0.25) is 0 Å². The Labute approximate surface area is 108 Å². The molecule has 1 fully saturated rings. The van der Waals surface area contributed by atoms with Crippen molar-refractivity contribution in [1.82, 2.24) is 0 Å². The van der Waals surface area contributed by atoms with Crippen LogP contribution in [0.15, 0.2) is 27.6 Å². The Morgan fingerprint density at radius 1 is 1.41 bits per heavy atom. The van der Waals surface area contributed by atoms with Crippen molar-refractivity contribution >= 4 is 31.6 Å².